The van der Waals surface area contributed by atoms with E-state index < -0.39 is 11.7 Å². The van der Waals surface area contributed by atoms with Crippen molar-refractivity contribution in [3.8, 4) is 0 Å². The van der Waals surface area contributed by atoms with Crippen molar-refractivity contribution >= 4 is 12.4 Å². The third kappa shape index (κ3) is 3.86. The zero-order valence-electron chi connectivity index (χ0n) is 9.78. The number of nitrogens with two attached hydrogens (primary N) is 1. The number of halogens is 4. The van der Waals surface area contributed by atoms with Crippen LogP contribution in [0.5, 0.6) is 0 Å². The highest BCUT2D eigenvalue weighted by atomic mass is 35.5. The van der Waals surface area contributed by atoms with Gasteiger partial charge >= 0.3 is 6.18 Å². The average Bonchev–Trinajstić information content (AvgIpc) is 2.63. The second-order valence-corrected chi connectivity index (χ2v) is 4.48. The molecule has 0 aliphatic carbocycles. The van der Waals surface area contributed by atoms with Gasteiger partial charge in [0, 0.05) is 25.7 Å². The largest absolute Gasteiger partial charge is 0.416 e. The van der Waals surface area contributed by atoms with Gasteiger partial charge in [0.05, 0.1) is 5.56 Å². The van der Waals surface area contributed by atoms with E-state index in [4.69, 9.17) is 5.73 Å². The fourth-order valence-corrected chi connectivity index (χ4v) is 2.11. The van der Waals surface area contributed by atoms with Crippen molar-refractivity contribution in [3.63, 3.8) is 0 Å². The first-order chi connectivity index (χ1) is 7.95. The summed E-state index contributed by atoms with van der Waals surface area (Å²) in [6.07, 6.45) is -3.35. The second-order valence-electron chi connectivity index (χ2n) is 4.48. The van der Waals surface area contributed by atoms with Crippen molar-refractivity contribution in [2.45, 2.75) is 25.2 Å². The molecule has 1 heterocycles. The smallest absolute Gasteiger partial charge is 0.326 e. The van der Waals surface area contributed by atoms with E-state index in [1.165, 1.54) is 12.1 Å². The van der Waals surface area contributed by atoms with Gasteiger partial charge in [-0.15, -0.1) is 12.4 Å². The molecule has 0 amide bonds. The van der Waals surface area contributed by atoms with Gasteiger partial charge in [-0.1, -0.05) is 18.2 Å². The highest BCUT2D eigenvalue weighted by molar-refractivity contribution is 5.85. The maximum absolute atomic E-state index is 12.5. The Hall–Kier alpha value is -0.780. The SMILES string of the molecule is Cl.N[C@H]1CCN(Cc2cccc(C(F)(F)F)c2)C1. The van der Waals surface area contributed by atoms with E-state index in [2.05, 4.69) is 4.90 Å². The maximum atomic E-state index is 12.5. The first kappa shape index (κ1) is 15.3. The second kappa shape index (κ2) is 5.91. The van der Waals surface area contributed by atoms with Gasteiger partial charge in [0.1, 0.15) is 0 Å². The van der Waals surface area contributed by atoms with E-state index >= 15 is 0 Å². The molecule has 0 bridgehead atoms. The zero-order valence-corrected chi connectivity index (χ0v) is 10.6. The topological polar surface area (TPSA) is 29.3 Å². The Labute approximate surface area is 110 Å². The lowest BCUT2D eigenvalue weighted by Crippen LogP contribution is -2.26. The van der Waals surface area contributed by atoms with Crippen LogP contribution in [0.3, 0.4) is 0 Å². The number of hydrogen-bond donors (Lipinski definition) is 1. The van der Waals surface area contributed by atoms with E-state index in [0.29, 0.717) is 12.1 Å². The van der Waals surface area contributed by atoms with Crippen molar-refractivity contribution in [1.82, 2.24) is 4.90 Å². The van der Waals surface area contributed by atoms with E-state index in [0.717, 1.165) is 25.6 Å². The summed E-state index contributed by atoms with van der Waals surface area (Å²) in [7, 11) is 0. The molecule has 2 nitrogen and oxygen atoms in total. The quantitative estimate of drug-likeness (QED) is 0.902. The molecule has 6 heteroatoms. The van der Waals surface area contributed by atoms with Crippen molar-refractivity contribution in [3.05, 3.63) is 35.4 Å². The van der Waals surface area contributed by atoms with Crippen LogP contribution >= 0.6 is 12.4 Å². The van der Waals surface area contributed by atoms with Crippen LogP contribution in [0, 0.1) is 0 Å². The molecule has 0 saturated carbocycles. The summed E-state index contributed by atoms with van der Waals surface area (Å²) in [6.45, 7) is 2.16. The number of benzene rings is 1. The predicted molar refractivity (Wildman–Crippen MR) is 66.6 cm³/mol. The molecule has 18 heavy (non-hydrogen) atoms. The molecule has 0 unspecified atom stereocenters. The molecule has 1 aromatic carbocycles. The summed E-state index contributed by atoms with van der Waals surface area (Å²) in [5.74, 6) is 0. The van der Waals surface area contributed by atoms with Crippen LogP contribution in [0.15, 0.2) is 24.3 Å². The van der Waals surface area contributed by atoms with E-state index in [-0.39, 0.29) is 18.4 Å². The minimum atomic E-state index is -4.27. The Morgan fingerprint density at radius 3 is 2.61 bits per heavy atom. The van der Waals surface area contributed by atoms with Crippen LogP contribution < -0.4 is 5.73 Å². The molecule has 2 rings (SSSR count). The number of hydrogen-bond acceptors (Lipinski definition) is 2. The molecule has 1 atom stereocenters. The summed E-state index contributed by atoms with van der Waals surface area (Å²) in [5.41, 5.74) is 5.86. The van der Waals surface area contributed by atoms with Gasteiger partial charge in [-0.3, -0.25) is 4.90 Å². The Morgan fingerprint density at radius 1 is 1.33 bits per heavy atom. The number of rotatable bonds is 2. The van der Waals surface area contributed by atoms with Gasteiger partial charge in [0.15, 0.2) is 0 Å². The Bertz CT molecular complexity index is 395. The van der Waals surface area contributed by atoms with E-state index in [9.17, 15) is 13.2 Å². The maximum Gasteiger partial charge on any atom is 0.416 e. The van der Waals surface area contributed by atoms with Crippen LogP contribution in [0.25, 0.3) is 0 Å². The van der Waals surface area contributed by atoms with Gasteiger partial charge in [0.2, 0.25) is 0 Å². The van der Waals surface area contributed by atoms with Crippen molar-refractivity contribution in [2.75, 3.05) is 13.1 Å². The minimum Gasteiger partial charge on any atom is -0.326 e. The summed E-state index contributed by atoms with van der Waals surface area (Å²) in [5, 5.41) is 0. The molecule has 1 aliphatic rings. The Morgan fingerprint density at radius 2 is 2.06 bits per heavy atom. The summed E-state index contributed by atoms with van der Waals surface area (Å²) < 4.78 is 37.5. The number of nitrogens with zero attached hydrogens (tertiary/aromatic N) is 1. The molecule has 2 N–H and O–H groups in total. The number of likely N-dealkylation sites (tertiary alicyclic amines) is 1. The monoisotopic (exact) mass is 280 g/mol. The Kier molecular flexibility index (Phi) is 5.01. The number of alkyl halides is 3. The molecule has 0 spiro atoms. The van der Waals surface area contributed by atoms with Crippen LogP contribution in [-0.4, -0.2) is 24.0 Å². The summed E-state index contributed by atoms with van der Waals surface area (Å²) >= 11 is 0. The molecule has 1 fully saturated rings. The highest BCUT2D eigenvalue weighted by Crippen LogP contribution is 2.29. The van der Waals surface area contributed by atoms with Crippen LogP contribution in [0.4, 0.5) is 13.2 Å². The predicted octanol–water partition coefficient (Wildman–Crippen LogP) is 2.66. The minimum absolute atomic E-state index is 0. The zero-order chi connectivity index (χ0) is 12.5. The third-order valence-corrected chi connectivity index (χ3v) is 2.97. The molecular formula is C12H16ClF3N2. The highest BCUT2D eigenvalue weighted by Gasteiger charge is 2.30. The fraction of sp³-hybridized carbons (Fsp3) is 0.500. The van der Waals surface area contributed by atoms with Gasteiger partial charge in [-0.2, -0.15) is 13.2 Å². The van der Waals surface area contributed by atoms with Gasteiger partial charge in [-0.25, -0.2) is 0 Å². The van der Waals surface area contributed by atoms with Crippen LogP contribution in [0.1, 0.15) is 17.5 Å². The van der Waals surface area contributed by atoms with Gasteiger partial charge in [-0.05, 0) is 18.1 Å². The normalized spacial score (nSPS) is 20.8. The molecule has 102 valence electrons. The van der Waals surface area contributed by atoms with Crippen molar-refractivity contribution in [2.24, 2.45) is 5.73 Å². The van der Waals surface area contributed by atoms with Gasteiger partial charge < -0.3 is 5.73 Å². The summed E-state index contributed by atoms with van der Waals surface area (Å²) in [4.78, 5) is 2.08. The lowest BCUT2D eigenvalue weighted by Gasteiger charge is -2.16. The van der Waals surface area contributed by atoms with E-state index in [1.54, 1.807) is 6.07 Å². The van der Waals surface area contributed by atoms with Crippen LogP contribution in [-0.2, 0) is 12.7 Å². The van der Waals surface area contributed by atoms with Gasteiger partial charge in [0.25, 0.3) is 0 Å². The average molecular weight is 281 g/mol. The lowest BCUT2D eigenvalue weighted by atomic mass is 10.1. The molecule has 1 aliphatic heterocycles. The summed E-state index contributed by atoms with van der Waals surface area (Å²) in [6, 6.07) is 5.64. The van der Waals surface area contributed by atoms with Crippen molar-refractivity contribution in [1.29, 1.82) is 0 Å². The van der Waals surface area contributed by atoms with E-state index in [1.807, 2.05) is 0 Å². The standard InChI is InChI=1S/C12H15F3N2.ClH/c13-12(14,15)10-3-1-2-9(6-10)7-17-5-4-11(16)8-17;/h1-3,6,11H,4-5,7-8,16H2;1H/t11-;/m0./s1. The lowest BCUT2D eigenvalue weighted by molar-refractivity contribution is -0.137. The first-order valence-electron chi connectivity index (χ1n) is 5.59. The molecule has 1 aromatic rings. The first-order valence-corrected chi connectivity index (χ1v) is 5.59. The molecule has 0 radical (unpaired) electrons. The Balaban J connectivity index is 0.00000162. The van der Waals surface area contributed by atoms with Crippen LogP contribution in [0.2, 0.25) is 0 Å². The van der Waals surface area contributed by atoms with Crippen molar-refractivity contribution < 1.29 is 13.2 Å². The fourth-order valence-electron chi connectivity index (χ4n) is 2.11. The third-order valence-electron chi connectivity index (χ3n) is 2.97. The molecule has 1 saturated heterocycles. The molecular weight excluding hydrogens is 265 g/mol. The molecule has 0 aromatic heterocycles.